The predicted octanol–water partition coefficient (Wildman–Crippen LogP) is 1.07. The molecule has 0 bridgehead atoms. The van der Waals surface area contributed by atoms with Gasteiger partial charge in [-0.15, -0.1) is 0 Å². The minimum atomic E-state index is -1.58. The van der Waals surface area contributed by atoms with Crippen LogP contribution in [0.2, 0.25) is 0 Å². The Morgan fingerprint density at radius 1 is 1.22 bits per heavy atom. The van der Waals surface area contributed by atoms with Gasteiger partial charge in [0.15, 0.2) is 0 Å². The van der Waals surface area contributed by atoms with E-state index in [0.29, 0.717) is 0 Å². The molecule has 58 valence electrons. The molecule has 0 aliphatic heterocycles. The molecular formula is C3H10NO2S2Zn-5. The van der Waals surface area contributed by atoms with Crippen LogP contribution in [-0.2, 0) is 46.5 Å². The van der Waals surface area contributed by atoms with E-state index in [1.54, 1.807) is 0 Å². The summed E-state index contributed by atoms with van der Waals surface area (Å²) in [4.78, 5) is 8.67. The fourth-order valence-corrected chi connectivity index (χ4v) is 0. The Kier molecular flexibility index (Phi) is 234. The van der Waals surface area contributed by atoms with E-state index in [2.05, 4.69) is 0 Å². The standard InChI is InChI=1S/CH2NO2.2CH3.2H2S.Zn/c2-1(3)4;;;;;/h2H,(H,3,4);2*1H3;2*1H2;/q3*-1;;;/p-2. The summed E-state index contributed by atoms with van der Waals surface area (Å²) in [6.45, 7) is 0. The van der Waals surface area contributed by atoms with Crippen molar-refractivity contribution in [3.8, 4) is 0 Å². The number of thiol groups is 2. The Morgan fingerprint density at radius 3 is 1.22 bits per heavy atom. The van der Waals surface area contributed by atoms with Crippen molar-refractivity contribution in [3.63, 3.8) is 0 Å². The fraction of sp³-hybridized carbons (Fsp3) is 0. The van der Waals surface area contributed by atoms with Crippen molar-refractivity contribution in [2.24, 2.45) is 0 Å². The van der Waals surface area contributed by atoms with Gasteiger partial charge in [0.25, 0.3) is 0 Å². The first-order valence-electron chi connectivity index (χ1n) is 0.678. The van der Waals surface area contributed by atoms with Crippen LogP contribution in [0.25, 0.3) is 5.73 Å². The van der Waals surface area contributed by atoms with Crippen molar-refractivity contribution in [2.45, 2.75) is 0 Å². The van der Waals surface area contributed by atoms with Crippen LogP contribution in [0.3, 0.4) is 0 Å². The summed E-state index contributed by atoms with van der Waals surface area (Å²) in [5.41, 5.74) is 5.50. The third kappa shape index (κ3) is 1060. The molecule has 2 N–H and O–H groups in total. The summed E-state index contributed by atoms with van der Waals surface area (Å²) in [6, 6.07) is 0. The second-order valence-corrected chi connectivity index (χ2v) is 0.305. The van der Waals surface area contributed by atoms with Gasteiger partial charge in [0.05, 0.1) is 0 Å². The van der Waals surface area contributed by atoms with E-state index in [1.165, 1.54) is 0 Å². The average molecular weight is 222 g/mol. The molecule has 0 saturated heterocycles. The van der Waals surface area contributed by atoms with Gasteiger partial charge in [0, 0.05) is 19.5 Å². The summed E-state index contributed by atoms with van der Waals surface area (Å²) in [5.74, 6) is 0. The van der Waals surface area contributed by atoms with Gasteiger partial charge < -0.3 is 52.7 Å². The van der Waals surface area contributed by atoms with Gasteiger partial charge in [-0.3, -0.25) is 4.79 Å². The fourth-order valence-electron chi connectivity index (χ4n) is 0. The maximum atomic E-state index is 8.67. The first-order valence-corrected chi connectivity index (χ1v) is 0.678. The summed E-state index contributed by atoms with van der Waals surface area (Å²) >= 11 is 0. The zero-order valence-electron chi connectivity index (χ0n) is 5.46. The summed E-state index contributed by atoms with van der Waals surface area (Å²) in [5, 5.41) is 7.08. The second-order valence-electron chi connectivity index (χ2n) is 0.305. The maximum Gasteiger partial charge on any atom is 0.224 e. The summed E-state index contributed by atoms with van der Waals surface area (Å²) < 4.78 is 0. The van der Waals surface area contributed by atoms with Gasteiger partial charge in [0.2, 0.25) is 6.09 Å². The number of hydrogen-bond acceptors (Lipinski definition) is 3. The molecule has 0 radical (unpaired) electrons. The van der Waals surface area contributed by atoms with Crippen LogP contribution in [0.5, 0.6) is 0 Å². The number of carbonyl (C=O) groups is 1. The van der Waals surface area contributed by atoms with Crippen molar-refractivity contribution in [1.82, 2.24) is 0 Å². The first kappa shape index (κ1) is 54.9. The molecule has 0 unspecified atom stereocenters. The molecule has 0 rings (SSSR count). The molecule has 0 aromatic heterocycles. The molecule has 0 atom stereocenters. The number of hydrogen-bond donors (Lipinski definition) is 1. The molecule has 0 saturated carbocycles. The van der Waals surface area contributed by atoms with E-state index in [1.807, 2.05) is 0 Å². The topological polar surface area (TPSA) is 61.1 Å². The van der Waals surface area contributed by atoms with E-state index in [-0.39, 0.29) is 61.3 Å². The van der Waals surface area contributed by atoms with Crippen molar-refractivity contribution in [3.05, 3.63) is 20.6 Å². The third-order valence-electron chi connectivity index (χ3n) is 0. The second kappa shape index (κ2) is 38.4. The summed E-state index contributed by atoms with van der Waals surface area (Å²) in [7, 11) is 0. The Balaban J connectivity index is -0.00000000450. The third-order valence-corrected chi connectivity index (χ3v) is 0. The SMILES string of the molecule is [CH3-].[CH3-].[NH-]C(=O)O.[SH-].[SH-].[Zn]. The van der Waals surface area contributed by atoms with E-state index in [4.69, 9.17) is 15.6 Å². The zero-order valence-corrected chi connectivity index (χ0v) is 10.2. The van der Waals surface area contributed by atoms with Gasteiger partial charge in [0.1, 0.15) is 0 Å². The summed E-state index contributed by atoms with van der Waals surface area (Å²) in [6.07, 6.45) is -1.58. The van der Waals surface area contributed by atoms with Crippen LogP contribution >= 0.6 is 0 Å². The quantitative estimate of drug-likeness (QED) is 0.288. The molecule has 0 fully saturated rings. The van der Waals surface area contributed by atoms with Crippen molar-refractivity contribution in [1.29, 1.82) is 0 Å². The molecule has 0 aromatic carbocycles. The van der Waals surface area contributed by atoms with Crippen LogP contribution in [0, 0.1) is 14.9 Å². The normalized spacial score (nSPS) is 2.67. The minimum Gasteiger partial charge on any atom is -0.813 e. The molecule has 0 spiro atoms. The van der Waals surface area contributed by atoms with E-state index in [0.717, 1.165) is 0 Å². The molecule has 0 aliphatic carbocycles. The molecule has 9 heavy (non-hydrogen) atoms. The van der Waals surface area contributed by atoms with Gasteiger partial charge >= 0.3 is 0 Å². The van der Waals surface area contributed by atoms with E-state index in [9.17, 15) is 0 Å². The van der Waals surface area contributed by atoms with Crippen LogP contribution in [-0.4, -0.2) is 11.2 Å². The largest absolute Gasteiger partial charge is 0.813 e. The Labute approximate surface area is 83.0 Å². The van der Waals surface area contributed by atoms with Gasteiger partial charge in [-0.1, -0.05) is 0 Å². The van der Waals surface area contributed by atoms with Crippen molar-refractivity contribution < 1.29 is 29.4 Å². The molecule has 0 heterocycles. The van der Waals surface area contributed by atoms with Crippen molar-refractivity contribution in [2.75, 3.05) is 0 Å². The molecule has 0 aliphatic rings. The van der Waals surface area contributed by atoms with Gasteiger partial charge in [-0.05, 0) is 0 Å². The van der Waals surface area contributed by atoms with Crippen LogP contribution in [0.4, 0.5) is 4.79 Å². The van der Waals surface area contributed by atoms with Gasteiger partial charge in [-0.2, -0.15) is 0 Å². The number of rotatable bonds is 0. The predicted molar refractivity (Wildman–Crippen MR) is 42.7 cm³/mol. The molecule has 6 heteroatoms. The zero-order chi connectivity index (χ0) is 3.58. The monoisotopic (exact) mass is 220 g/mol. The molecule has 0 aromatic rings. The van der Waals surface area contributed by atoms with Crippen LogP contribution < -0.4 is 0 Å². The van der Waals surface area contributed by atoms with Crippen LogP contribution in [0.15, 0.2) is 0 Å². The van der Waals surface area contributed by atoms with Crippen molar-refractivity contribution >= 4 is 33.1 Å². The molecule has 3 nitrogen and oxygen atoms in total. The average Bonchev–Trinajstić information content (AvgIpc) is 0.811. The Hall–Kier alpha value is 0.593. The molecule has 1 amide bonds. The number of nitrogens with one attached hydrogen (secondary N) is 1. The Bertz CT molecular complexity index is 42.8. The maximum absolute atomic E-state index is 8.67. The van der Waals surface area contributed by atoms with E-state index >= 15 is 0 Å². The van der Waals surface area contributed by atoms with Gasteiger partial charge in [-0.25, -0.2) is 0 Å². The number of amides is 1. The minimum absolute atomic E-state index is 0. The Morgan fingerprint density at radius 2 is 1.22 bits per heavy atom. The molecular weight excluding hydrogens is 212 g/mol. The van der Waals surface area contributed by atoms with Crippen LogP contribution in [0.1, 0.15) is 0 Å². The smallest absolute Gasteiger partial charge is 0.224 e. The van der Waals surface area contributed by atoms with E-state index < -0.39 is 6.09 Å². The first-order chi connectivity index (χ1) is 1.73. The number of carboxylic acid groups (broad SMARTS) is 1.